The van der Waals surface area contributed by atoms with Crippen LogP contribution < -0.4 is 0 Å². The Bertz CT molecular complexity index is 481. The molecule has 0 spiro atoms. The minimum absolute atomic E-state index is 0.0106. The number of hydrogen-bond donors (Lipinski definition) is 1. The van der Waals surface area contributed by atoms with Gasteiger partial charge in [-0.2, -0.15) is 0 Å². The summed E-state index contributed by atoms with van der Waals surface area (Å²) in [6, 6.07) is 9.70. The molecule has 0 aromatic heterocycles. The molecule has 116 valence electrons. The zero-order valence-corrected chi connectivity index (χ0v) is 13.2. The van der Waals surface area contributed by atoms with Crippen LogP contribution in [0.3, 0.4) is 0 Å². The van der Waals surface area contributed by atoms with Crippen molar-refractivity contribution in [3.8, 4) is 0 Å². The van der Waals surface area contributed by atoms with Crippen molar-refractivity contribution in [2.75, 3.05) is 0 Å². The number of benzene rings is 1. The minimum atomic E-state index is -0.526. The maximum absolute atomic E-state index is 12.4. The molecule has 0 unspecified atom stereocenters. The molecule has 1 aromatic carbocycles. The maximum Gasteiger partial charge on any atom is 0.410 e. The Morgan fingerprint density at radius 3 is 2.52 bits per heavy atom. The predicted molar refractivity (Wildman–Crippen MR) is 82.1 cm³/mol. The fraction of sp³-hybridized carbons (Fsp3) is 0.588. The van der Waals surface area contributed by atoms with Crippen molar-refractivity contribution in [2.24, 2.45) is 0 Å². The first kappa shape index (κ1) is 15.8. The minimum Gasteiger partial charge on any atom is -0.444 e. The Hall–Kier alpha value is -1.55. The zero-order chi connectivity index (χ0) is 15.6. The molecule has 1 aliphatic heterocycles. The standard InChI is InChI=1S/C17H25NO3/c1-12-10-15(19)14(11-13-8-6-5-7-9-13)18(12)16(20)21-17(2,3)4/h5-9,12,14-15,19H,10-11H2,1-4H3/t12-,14+,15+/m1/s1. The van der Waals surface area contributed by atoms with E-state index in [1.165, 1.54) is 0 Å². The van der Waals surface area contributed by atoms with E-state index < -0.39 is 11.7 Å². The third-order valence-corrected chi connectivity index (χ3v) is 3.75. The molecular formula is C17H25NO3. The molecule has 1 amide bonds. The average Bonchev–Trinajstić information content (AvgIpc) is 2.63. The molecular weight excluding hydrogens is 266 g/mol. The highest BCUT2D eigenvalue weighted by molar-refractivity contribution is 5.69. The van der Waals surface area contributed by atoms with Crippen LogP contribution in [0.15, 0.2) is 30.3 Å². The zero-order valence-electron chi connectivity index (χ0n) is 13.2. The van der Waals surface area contributed by atoms with Crippen molar-refractivity contribution in [1.29, 1.82) is 0 Å². The number of ether oxygens (including phenoxy) is 1. The van der Waals surface area contributed by atoms with Gasteiger partial charge in [0.25, 0.3) is 0 Å². The number of hydrogen-bond acceptors (Lipinski definition) is 3. The van der Waals surface area contributed by atoms with Crippen LogP contribution >= 0.6 is 0 Å². The summed E-state index contributed by atoms with van der Waals surface area (Å²) < 4.78 is 5.48. The SMILES string of the molecule is C[C@@H]1C[C@H](O)[C@H](Cc2ccccc2)N1C(=O)OC(C)(C)C. The number of carbonyl (C=O) groups is 1. The molecule has 1 fully saturated rings. The topological polar surface area (TPSA) is 49.8 Å². The van der Waals surface area contributed by atoms with Crippen molar-refractivity contribution in [2.45, 2.75) is 64.3 Å². The van der Waals surface area contributed by atoms with Crippen molar-refractivity contribution < 1.29 is 14.6 Å². The summed E-state index contributed by atoms with van der Waals surface area (Å²) in [7, 11) is 0. The Balaban J connectivity index is 2.15. The van der Waals surface area contributed by atoms with Crippen LogP contribution in [0.2, 0.25) is 0 Å². The fourth-order valence-corrected chi connectivity index (χ4v) is 2.85. The molecule has 1 saturated heterocycles. The van der Waals surface area contributed by atoms with Crippen molar-refractivity contribution in [3.63, 3.8) is 0 Å². The van der Waals surface area contributed by atoms with E-state index in [1.54, 1.807) is 4.90 Å². The number of amides is 1. The lowest BCUT2D eigenvalue weighted by Crippen LogP contribution is -2.46. The van der Waals surface area contributed by atoms with Crippen LogP contribution in [0.25, 0.3) is 0 Å². The Kier molecular flexibility index (Phi) is 4.57. The summed E-state index contributed by atoms with van der Waals surface area (Å²) in [4.78, 5) is 14.1. The Labute approximate surface area is 126 Å². The Morgan fingerprint density at radius 1 is 1.33 bits per heavy atom. The normalized spacial score (nSPS) is 26.0. The number of nitrogens with zero attached hydrogens (tertiary/aromatic N) is 1. The molecule has 21 heavy (non-hydrogen) atoms. The third-order valence-electron chi connectivity index (χ3n) is 3.75. The quantitative estimate of drug-likeness (QED) is 0.911. The van der Waals surface area contributed by atoms with Gasteiger partial charge in [-0.25, -0.2) is 4.79 Å². The number of likely N-dealkylation sites (tertiary alicyclic amines) is 1. The molecule has 1 aliphatic rings. The predicted octanol–water partition coefficient (Wildman–Crippen LogP) is 2.99. The third kappa shape index (κ3) is 3.97. The largest absolute Gasteiger partial charge is 0.444 e. The number of carbonyl (C=O) groups excluding carboxylic acids is 1. The highest BCUT2D eigenvalue weighted by Crippen LogP contribution is 2.29. The molecule has 0 saturated carbocycles. The van der Waals surface area contributed by atoms with Crippen LogP contribution in [0.4, 0.5) is 4.79 Å². The molecule has 0 bridgehead atoms. The highest BCUT2D eigenvalue weighted by atomic mass is 16.6. The van der Waals surface area contributed by atoms with Crippen molar-refractivity contribution >= 4 is 6.09 Å². The molecule has 1 heterocycles. The molecule has 3 atom stereocenters. The maximum atomic E-state index is 12.4. The van der Waals surface area contributed by atoms with Gasteiger partial charge in [0.05, 0.1) is 12.1 Å². The van der Waals surface area contributed by atoms with Crippen LogP contribution in [0.1, 0.15) is 39.7 Å². The van der Waals surface area contributed by atoms with E-state index >= 15 is 0 Å². The van der Waals surface area contributed by atoms with E-state index in [0.29, 0.717) is 12.8 Å². The van der Waals surface area contributed by atoms with Crippen LogP contribution in [0.5, 0.6) is 0 Å². The first-order valence-corrected chi connectivity index (χ1v) is 7.51. The van der Waals surface area contributed by atoms with Gasteiger partial charge in [-0.3, -0.25) is 4.90 Å². The van der Waals surface area contributed by atoms with Gasteiger partial charge in [0.15, 0.2) is 0 Å². The summed E-state index contributed by atoms with van der Waals surface area (Å²) in [5, 5.41) is 10.3. The van der Waals surface area contributed by atoms with Gasteiger partial charge in [0.2, 0.25) is 0 Å². The highest BCUT2D eigenvalue weighted by Gasteiger charge is 2.42. The van der Waals surface area contributed by atoms with E-state index in [9.17, 15) is 9.90 Å². The lowest BCUT2D eigenvalue weighted by Gasteiger charge is -2.32. The number of aliphatic hydroxyl groups is 1. The summed E-state index contributed by atoms with van der Waals surface area (Å²) in [5.41, 5.74) is 0.589. The second kappa shape index (κ2) is 6.06. The van der Waals surface area contributed by atoms with E-state index in [0.717, 1.165) is 5.56 Å². The number of rotatable bonds is 2. The lowest BCUT2D eigenvalue weighted by atomic mass is 10.0. The summed E-state index contributed by atoms with van der Waals surface area (Å²) in [5.74, 6) is 0. The summed E-state index contributed by atoms with van der Waals surface area (Å²) in [6.07, 6.45) is 0.391. The molecule has 0 aliphatic carbocycles. The smallest absolute Gasteiger partial charge is 0.410 e. The van der Waals surface area contributed by atoms with Gasteiger partial charge in [0, 0.05) is 6.04 Å². The molecule has 0 radical (unpaired) electrons. The molecule has 2 rings (SSSR count). The van der Waals surface area contributed by atoms with Crippen LogP contribution in [-0.4, -0.2) is 39.9 Å². The van der Waals surface area contributed by atoms with Gasteiger partial charge in [-0.05, 0) is 46.1 Å². The van der Waals surface area contributed by atoms with Gasteiger partial charge in [-0.1, -0.05) is 30.3 Å². The molecule has 4 heteroatoms. The lowest BCUT2D eigenvalue weighted by molar-refractivity contribution is 0.00999. The summed E-state index contributed by atoms with van der Waals surface area (Å²) >= 11 is 0. The first-order chi connectivity index (χ1) is 9.78. The number of aliphatic hydroxyl groups excluding tert-OH is 1. The van der Waals surface area contributed by atoms with Gasteiger partial charge in [-0.15, -0.1) is 0 Å². The average molecular weight is 291 g/mol. The second-order valence-electron chi connectivity index (χ2n) is 6.80. The molecule has 1 aromatic rings. The first-order valence-electron chi connectivity index (χ1n) is 7.51. The van der Waals surface area contributed by atoms with Crippen molar-refractivity contribution in [1.82, 2.24) is 4.90 Å². The van der Waals surface area contributed by atoms with Crippen LogP contribution in [-0.2, 0) is 11.2 Å². The Morgan fingerprint density at radius 2 is 1.95 bits per heavy atom. The molecule has 4 nitrogen and oxygen atoms in total. The second-order valence-corrected chi connectivity index (χ2v) is 6.80. The fourth-order valence-electron chi connectivity index (χ4n) is 2.85. The van der Waals surface area contributed by atoms with Gasteiger partial charge in [0.1, 0.15) is 5.60 Å². The van der Waals surface area contributed by atoms with E-state index in [4.69, 9.17) is 4.74 Å². The van der Waals surface area contributed by atoms with Gasteiger partial charge < -0.3 is 9.84 Å². The monoisotopic (exact) mass is 291 g/mol. The molecule has 1 N–H and O–H groups in total. The van der Waals surface area contributed by atoms with E-state index in [-0.39, 0.29) is 18.2 Å². The summed E-state index contributed by atoms with van der Waals surface area (Å²) in [6.45, 7) is 7.52. The van der Waals surface area contributed by atoms with E-state index in [1.807, 2.05) is 58.0 Å². The van der Waals surface area contributed by atoms with Gasteiger partial charge >= 0.3 is 6.09 Å². The van der Waals surface area contributed by atoms with E-state index in [2.05, 4.69) is 0 Å². The van der Waals surface area contributed by atoms with Crippen LogP contribution in [0, 0.1) is 0 Å². The van der Waals surface area contributed by atoms with Crippen molar-refractivity contribution in [3.05, 3.63) is 35.9 Å².